The van der Waals surface area contributed by atoms with E-state index in [1.165, 1.54) is 12.5 Å². The van der Waals surface area contributed by atoms with Crippen molar-refractivity contribution >= 4 is 0 Å². The second-order valence-electron chi connectivity index (χ2n) is 23.8. The molecule has 3 saturated carbocycles. The predicted octanol–water partition coefficient (Wildman–Crippen LogP) is -3.01. The van der Waals surface area contributed by atoms with E-state index >= 15 is 0 Å². The lowest BCUT2D eigenvalue weighted by molar-refractivity contribution is -0.394. The molecule has 5 heterocycles. The van der Waals surface area contributed by atoms with E-state index in [2.05, 4.69) is 26.8 Å². The maximum atomic E-state index is 12.1. The van der Waals surface area contributed by atoms with Crippen LogP contribution < -0.4 is 0 Å². The molecule has 0 aromatic heterocycles. The van der Waals surface area contributed by atoms with Crippen LogP contribution in [0.15, 0.2) is 11.6 Å². The van der Waals surface area contributed by atoms with Crippen LogP contribution in [0.4, 0.5) is 0 Å². The number of hydrogen-bond acceptors (Lipinski definition) is 23. The number of allylic oxidation sites excluding steroid dienone is 1. The second kappa shape index (κ2) is 22.4. The average molecular weight is 1070 g/mol. The van der Waals surface area contributed by atoms with Crippen LogP contribution in [0.25, 0.3) is 0 Å². The Morgan fingerprint density at radius 1 is 0.635 bits per heavy atom. The van der Waals surface area contributed by atoms with E-state index in [4.69, 9.17) is 42.6 Å². The number of hydrogen-bond donors (Lipinski definition) is 14. The molecule has 0 spiro atoms. The maximum Gasteiger partial charge on any atom is 0.187 e. The molecule has 9 rings (SSSR count). The summed E-state index contributed by atoms with van der Waals surface area (Å²) in [5, 5.41) is 149. The van der Waals surface area contributed by atoms with E-state index in [-0.39, 0.29) is 41.3 Å². The quantitative estimate of drug-likeness (QED) is 0.0727. The van der Waals surface area contributed by atoms with Crippen molar-refractivity contribution in [2.75, 3.05) is 26.4 Å². The summed E-state index contributed by atoms with van der Waals surface area (Å²) < 4.78 is 54.7. The Kier molecular flexibility index (Phi) is 17.4. The fourth-order valence-electron chi connectivity index (χ4n) is 15.0. The van der Waals surface area contributed by atoms with Crippen molar-refractivity contribution in [3.63, 3.8) is 0 Å². The van der Waals surface area contributed by atoms with Crippen molar-refractivity contribution < 1.29 is 114 Å². The first-order valence-corrected chi connectivity index (χ1v) is 26.9. The van der Waals surface area contributed by atoms with Gasteiger partial charge < -0.3 is 114 Å². The SMILES string of the molecule is C[C@H](CC[C@@]1(O)O[C@H]2C[C@H]3[C@@H]4CC=C5C[C@@H](O[C@@H]6O[C@H](CO)[C@@H](O)[C@H](O[C@@H]7O[C@H](CO)[C@@H](O)[C@H](O)[C@H]7O)[C@H]6O[C@@H]6O[C@@H](C)[C@H](O)[C@@H](O)[C@H]6O)CC[C@]5(C)[C@H]4CC[C@]3(C)[C@H]2[C@@H]1C)CO[C@@H]1O[C@H](CO)[C@@H](O)[C@H](O)[C@H]1O. The molecular weight excluding hydrogens is 981 g/mol. The Morgan fingerprint density at radius 3 is 1.85 bits per heavy atom. The lowest BCUT2D eigenvalue weighted by Gasteiger charge is -2.58. The van der Waals surface area contributed by atoms with Gasteiger partial charge in [0.1, 0.15) is 91.6 Å². The number of ether oxygens (including phenoxy) is 9. The zero-order valence-electron chi connectivity index (χ0n) is 42.9. The van der Waals surface area contributed by atoms with E-state index in [0.29, 0.717) is 43.4 Å². The highest BCUT2D eigenvalue weighted by atomic mass is 16.8. The molecule has 0 radical (unpaired) electrons. The fraction of sp³-hybridized carbons (Fsp3) is 0.961. The third kappa shape index (κ3) is 10.2. The molecule has 14 N–H and O–H groups in total. The molecule has 23 heteroatoms. The van der Waals surface area contributed by atoms with Crippen molar-refractivity contribution in [2.24, 2.45) is 46.3 Å². The highest BCUT2D eigenvalue weighted by molar-refractivity contribution is 5.26. The number of aliphatic hydroxyl groups excluding tert-OH is 13. The first-order valence-electron chi connectivity index (χ1n) is 26.9. The molecule has 0 aromatic rings. The van der Waals surface area contributed by atoms with E-state index < -0.39 is 155 Å². The lowest BCUT2D eigenvalue weighted by atomic mass is 9.47. The van der Waals surface area contributed by atoms with E-state index in [1.54, 1.807) is 0 Å². The summed E-state index contributed by atoms with van der Waals surface area (Å²) in [5.41, 5.74) is 0.989. The summed E-state index contributed by atoms with van der Waals surface area (Å²) in [6, 6.07) is 0. The number of fused-ring (bicyclic) bond motifs is 7. The molecule has 74 heavy (non-hydrogen) atoms. The van der Waals surface area contributed by atoms with Gasteiger partial charge in [0, 0.05) is 12.3 Å². The minimum Gasteiger partial charge on any atom is -0.394 e. The Hall–Kier alpha value is -1.18. The van der Waals surface area contributed by atoms with Crippen molar-refractivity contribution in [1.82, 2.24) is 0 Å². The Morgan fingerprint density at radius 2 is 1.20 bits per heavy atom. The van der Waals surface area contributed by atoms with Crippen LogP contribution in [0.1, 0.15) is 92.4 Å². The van der Waals surface area contributed by atoms with Gasteiger partial charge in [0.25, 0.3) is 0 Å². The average Bonchev–Trinajstić information content (AvgIpc) is 3.82. The largest absolute Gasteiger partial charge is 0.394 e. The monoisotopic (exact) mass is 1060 g/mol. The van der Waals surface area contributed by atoms with Gasteiger partial charge in [-0.2, -0.15) is 0 Å². The van der Waals surface area contributed by atoms with Gasteiger partial charge in [0.05, 0.1) is 44.7 Å². The van der Waals surface area contributed by atoms with Crippen LogP contribution in [-0.2, 0) is 42.6 Å². The minimum absolute atomic E-state index is 0.0769. The molecule has 8 fully saturated rings. The molecule has 0 bridgehead atoms. The molecule has 0 aromatic carbocycles. The van der Waals surface area contributed by atoms with Gasteiger partial charge in [-0.3, -0.25) is 0 Å². The summed E-state index contributed by atoms with van der Waals surface area (Å²) in [7, 11) is 0. The van der Waals surface area contributed by atoms with Crippen LogP contribution in [-0.4, -0.2) is 239 Å². The Labute approximate surface area is 430 Å². The third-order valence-corrected chi connectivity index (χ3v) is 19.5. The minimum atomic E-state index is -1.88. The molecular formula is C51H84O23. The molecule has 5 aliphatic heterocycles. The first kappa shape index (κ1) is 57.5. The van der Waals surface area contributed by atoms with Gasteiger partial charge >= 0.3 is 0 Å². The lowest BCUT2D eigenvalue weighted by Crippen LogP contribution is -2.67. The van der Waals surface area contributed by atoms with Crippen molar-refractivity contribution in [1.29, 1.82) is 0 Å². The van der Waals surface area contributed by atoms with Crippen LogP contribution in [0, 0.1) is 46.3 Å². The molecule has 0 unspecified atom stereocenters. The molecule has 4 aliphatic carbocycles. The maximum absolute atomic E-state index is 12.1. The predicted molar refractivity (Wildman–Crippen MR) is 250 cm³/mol. The Bertz CT molecular complexity index is 1920. The summed E-state index contributed by atoms with van der Waals surface area (Å²) in [6.45, 7) is 8.33. The summed E-state index contributed by atoms with van der Waals surface area (Å²) in [6.07, 6.45) is -22.5. The highest BCUT2D eigenvalue weighted by Crippen LogP contribution is 2.70. The normalized spacial score (nSPS) is 54.9. The van der Waals surface area contributed by atoms with Gasteiger partial charge in [-0.05, 0) is 98.7 Å². The topological polar surface area (TPSA) is 366 Å². The smallest absolute Gasteiger partial charge is 0.187 e. The summed E-state index contributed by atoms with van der Waals surface area (Å²) in [5.74, 6) is -0.351. The van der Waals surface area contributed by atoms with Gasteiger partial charge in [-0.25, -0.2) is 0 Å². The molecule has 9 aliphatic rings. The summed E-state index contributed by atoms with van der Waals surface area (Å²) >= 11 is 0. The Balaban J connectivity index is 0.864. The van der Waals surface area contributed by atoms with E-state index in [0.717, 1.165) is 32.1 Å². The molecule has 23 nitrogen and oxygen atoms in total. The molecule has 5 saturated heterocycles. The molecule has 31 atom stereocenters. The second-order valence-corrected chi connectivity index (χ2v) is 23.8. The number of aliphatic hydroxyl groups is 14. The van der Waals surface area contributed by atoms with Gasteiger partial charge in [-0.15, -0.1) is 0 Å². The highest BCUT2D eigenvalue weighted by Gasteiger charge is 2.68. The van der Waals surface area contributed by atoms with Crippen LogP contribution >= 0.6 is 0 Å². The van der Waals surface area contributed by atoms with Crippen molar-refractivity contribution in [3.8, 4) is 0 Å². The first-order chi connectivity index (χ1) is 35.0. The van der Waals surface area contributed by atoms with Gasteiger partial charge in [-0.1, -0.05) is 39.3 Å². The standard InChI is InChI=1S/C51H84O23/c1-20(19-66-45-40(62)38(60)34(56)29(16-52)69-45)8-13-51(65)21(2)32-28(74-51)15-27-25-7-6-23-14-24(9-11-49(23,4)26(25)10-12-50(27,32)5)68-48-44(73-46-41(63)37(59)33(55)22(3)67-46)43(36(58)31(18-54)71-48)72-47-42(64)39(61)35(57)30(17-53)70-47/h6,20-22,24-48,52-65H,7-19H2,1-5H3/t20-,21+,22+,24+,25-,26+,27+,28+,29-,30-,31-,32+,33+,34-,35-,36-,37-,38+,39+,40-,41-,42-,43+,44-,45-,46+,47+,48-,49+,50+,51-/m1/s1. The zero-order chi connectivity index (χ0) is 53.5. The van der Waals surface area contributed by atoms with Crippen molar-refractivity contribution in [3.05, 3.63) is 11.6 Å². The van der Waals surface area contributed by atoms with Gasteiger partial charge in [0.2, 0.25) is 0 Å². The molecule has 0 amide bonds. The van der Waals surface area contributed by atoms with Crippen LogP contribution in [0.2, 0.25) is 0 Å². The van der Waals surface area contributed by atoms with Gasteiger partial charge in [0.15, 0.2) is 30.9 Å². The summed E-state index contributed by atoms with van der Waals surface area (Å²) in [4.78, 5) is 0. The van der Waals surface area contributed by atoms with Crippen LogP contribution in [0.3, 0.4) is 0 Å². The molecule has 426 valence electrons. The van der Waals surface area contributed by atoms with Crippen LogP contribution in [0.5, 0.6) is 0 Å². The van der Waals surface area contributed by atoms with E-state index in [9.17, 15) is 71.5 Å². The number of rotatable bonds is 15. The van der Waals surface area contributed by atoms with E-state index in [1.807, 2.05) is 6.92 Å². The van der Waals surface area contributed by atoms with Crippen molar-refractivity contribution in [2.45, 2.75) is 233 Å². The third-order valence-electron chi connectivity index (χ3n) is 19.5. The zero-order valence-corrected chi connectivity index (χ0v) is 42.9. The fourth-order valence-corrected chi connectivity index (χ4v) is 15.0.